The first-order valence-corrected chi connectivity index (χ1v) is 9.27. The van der Waals surface area contributed by atoms with Crippen molar-refractivity contribution in [3.8, 4) is 38.4 Å². The van der Waals surface area contributed by atoms with E-state index in [0.29, 0.717) is 0 Å². The van der Waals surface area contributed by atoms with Gasteiger partial charge in [0.15, 0.2) is 0 Å². The molecule has 4 rings (SSSR count). The fourth-order valence-corrected chi connectivity index (χ4v) is 4.30. The molecule has 3 heteroatoms. The lowest BCUT2D eigenvalue weighted by molar-refractivity contribution is 0.415. The van der Waals surface area contributed by atoms with Crippen molar-refractivity contribution in [3.05, 3.63) is 84.9 Å². The Bertz CT molecular complexity index is 1020. The zero-order valence-electron chi connectivity index (χ0n) is 14.5. The van der Waals surface area contributed by atoms with Crippen molar-refractivity contribution in [1.82, 2.24) is 0 Å². The molecule has 26 heavy (non-hydrogen) atoms. The highest BCUT2D eigenvalue weighted by Gasteiger charge is 2.20. The minimum atomic E-state index is 0.816. The van der Waals surface area contributed by atoms with Gasteiger partial charge in [-0.2, -0.15) is 0 Å². The van der Waals surface area contributed by atoms with Gasteiger partial charge in [-0.15, -0.1) is 11.3 Å². The first-order chi connectivity index (χ1) is 12.8. The maximum atomic E-state index is 6.52. The Morgan fingerprint density at radius 2 is 1.31 bits per heavy atom. The van der Waals surface area contributed by atoms with Gasteiger partial charge in [-0.05, 0) is 28.8 Å². The minimum absolute atomic E-state index is 0.816. The number of nitrogen functional groups attached to an aromatic ring is 1. The summed E-state index contributed by atoms with van der Waals surface area (Å²) in [4.78, 5) is 1.19. The molecule has 0 fully saturated rings. The molecule has 0 atom stereocenters. The van der Waals surface area contributed by atoms with E-state index in [1.807, 2.05) is 30.3 Å². The predicted molar refractivity (Wildman–Crippen MR) is 112 cm³/mol. The van der Waals surface area contributed by atoms with Gasteiger partial charge in [-0.3, -0.25) is 0 Å². The van der Waals surface area contributed by atoms with Gasteiger partial charge >= 0.3 is 0 Å². The fourth-order valence-electron chi connectivity index (χ4n) is 3.19. The van der Waals surface area contributed by atoms with E-state index in [1.54, 1.807) is 18.4 Å². The molecule has 0 saturated heterocycles. The van der Waals surface area contributed by atoms with Crippen LogP contribution in [0.3, 0.4) is 0 Å². The lowest BCUT2D eigenvalue weighted by atomic mass is 9.94. The molecule has 0 spiro atoms. The third-order valence-electron chi connectivity index (χ3n) is 4.39. The van der Waals surface area contributed by atoms with Gasteiger partial charge in [-0.25, -0.2) is 0 Å². The Labute approximate surface area is 157 Å². The monoisotopic (exact) mass is 357 g/mol. The molecule has 128 valence electrons. The maximum Gasteiger partial charge on any atom is 0.119 e. The molecule has 0 aliphatic rings. The average Bonchev–Trinajstić information content (AvgIpc) is 3.06. The van der Waals surface area contributed by atoms with Crippen LogP contribution in [0.2, 0.25) is 0 Å². The maximum absolute atomic E-state index is 6.52. The zero-order valence-corrected chi connectivity index (χ0v) is 15.3. The van der Waals surface area contributed by atoms with E-state index in [2.05, 4.69) is 54.6 Å². The first-order valence-electron chi connectivity index (χ1n) is 8.45. The van der Waals surface area contributed by atoms with Crippen LogP contribution < -0.4 is 10.5 Å². The Kier molecular flexibility index (Phi) is 4.46. The summed E-state index contributed by atoms with van der Waals surface area (Å²) in [7, 11) is 1.68. The first kappa shape index (κ1) is 16.4. The van der Waals surface area contributed by atoms with E-state index >= 15 is 0 Å². The van der Waals surface area contributed by atoms with Crippen LogP contribution in [0, 0.1) is 0 Å². The SMILES string of the molecule is COc1cccc(-c2c(N)sc(-c3ccccc3)c2-c2ccccc2)c1. The molecule has 4 aromatic rings. The average molecular weight is 357 g/mol. The summed E-state index contributed by atoms with van der Waals surface area (Å²) in [6.45, 7) is 0. The van der Waals surface area contributed by atoms with E-state index in [1.165, 1.54) is 16.0 Å². The molecule has 1 heterocycles. The van der Waals surface area contributed by atoms with E-state index in [0.717, 1.165) is 27.4 Å². The highest BCUT2D eigenvalue weighted by molar-refractivity contribution is 7.20. The number of methoxy groups -OCH3 is 1. The predicted octanol–water partition coefficient (Wildman–Crippen LogP) is 6.34. The highest BCUT2D eigenvalue weighted by atomic mass is 32.1. The summed E-state index contributed by atoms with van der Waals surface area (Å²) in [5.41, 5.74) is 12.2. The molecule has 2 N–H and O–H groups in total. The van der Waals surface area contributed by atoms with Gasteiger partial charge in [-0.1, -0.05) is 72.8 Å². The Morgan fingerprint density at radius 3 is 1.96 bits per heavy atom. The Morgan fingerprint density at radius 1 is 0.692 bits per heavy atom. The molecule has 0 amide bonds. The third-order valence-corrected chi connectivity index (χ3v) is 5.46. The van der Waals surface area contributed by atoms with Crippen molar-refractivity contribution < 1.29 is 4.74 Å². The number of nitrogens with two attached hydrogens (primary N) is 1. The van der Waals surface area contributed by atoms with Crippen LogP contribution in [-0.2, 0) is 0 Å². The summed E-state index contributed by atoms with van der Waals surface area (Å²) in [5, 5.41) is 0.816. The van der Waals surface area contributed by atoms with Crippen LogP contribution >= 0.6 is 11.3 Å². The van der Waals surface area contributed by atoms with E-state index < -0.39 is 0 Å². The van der Waals surface area contributed by atoms with Gasteiger partial charge in [0.05, 0.1) is 12.1 Å². The molecule has 2 nitrogen and oxygen atoms in total. The van der Waals surface area contributed by atoms with Crippen LogP contribution in [0.4, 0.5) is 5.00 Å². The van der Waals surface area contributed by atoms with E-state index in [4.69, 9.17) is 10.5 Å². The van der Waals surface area contributed by atoms with Crippen LogP contribution in [0.5, 0.6) is 5.75 Å². The minimum Gasteiger partial charge on any atom is -0.497 e. The standard InChI is InChI=1S/C23H19NOS/c1-25-19-14-8-13-18(15-19)21-20(16-9-4-2-5-10-16)22(26-23(21)24)17-11-6-3-7-12-17/h2-15H,24H2,1H3. The van der Waals surface area contributed by atoms with Crippen molar-refractivity contribution in [3.63, 3.8) is 0 Å². The normalized spacial score (nSPS) is 10.7. The van der Waals surface area contributed by atoms with Crippen LogP contribution in [0.1, 0.15) is 0 Å². The summed E-state index contributed by atoms with van der Waals surface area (Å²) in [6, 6.07) is 28.9. The smallest absolute Gasteiger partial charge is 0.119 e. The summed E-state index contributed by atoms with van der Waals surface area (Å²) in [6.07, 6.45) is 0. The topological polar surface area (TPSA) is 35.2 Å². The van der Waals surface area contributed by atoms with E-state index in [9.17, 15) is 0 Å². The third kappa shape index (κ3) is 2.98. The summed E-state index contributed by atoms with van der Waals surface area (Å²) < 4.78 is 5.42. The van der Waals surface area contributed by atoms with E-state index in [-0.39, 0.29) is 0 Å². The Balaban J connectivity index is 2.01. The number of rotatable bonds is 4. The lowest BCUT2D eigenvalue weighted by Crippen LogP contribution is -1.89. The Hall–Kier alpha value is -3.04. The molecule has 0 unspecified atom stereocenters. The molecule has 0 aliphatic heterocycles. The van der Waals surface area contributed by atoms with Crippen molar-refractivity contribution >= 4 is 16.3 Å². The summed E-state index contributed by atoms with van der Waals surface area (Å²) in [5.74, 6) is 0.827. The second-order valence-electron chi connectivity index (χ2n) is 6.01. The van der Waals surface area contributed by atoms with Gasteiger partial charge in [0.1, 0.15) is 5.75 Å². The molecule has 3 aromatic carbocycles. The number of anilines is 1. The largest absolute Gasteiger partial charge is 0.497 e. The lowest BCUT2D eigenvalue weighted by Gasteiger charge is -2.10. The molecular weight excluding hydrogens is 338 g/mol. The molecular formula is C23H19NOS. The van der Waals surface area contributed by atoms with Gasteiger partial charge < -0.3 is 10.5 Å². The van der Waals surface area contributed by atoms with Crippen LogP contribution in [-0.4, -0.2) is 7.11 Å². The van der Waals surface area contributed by atoms with Crippen molar-refractivity contribution in [1.29, 1.82) is 0 Å². The molecule has 0 bridgehead atoms. The number of benzene rings is 3. The number of hydrogen-bond donors (Lipinski definition) is 1. The number of ether oxygens (including phenoxy) is 1. The highest BCUT2D eigenvalue weighted by Crippen LogP contribution is 2.49. The van der Waals surface area contributed by atoms with Crippen molar-refractivity contribution in [2.24, 2.45) is 0 Å². The molecule has 0 aliphatic carbocycles. The van der Waals surface area contributed by atoms with Crippen molar-refractivity contribution in [2.45, 2.75) is 0 Å². The summed E-state index contributed by atoms with van der Waals surface area (Å²) >= 11 is 1.63. The van der Waals surface area contributed by atoms with Gasteiger partial charge in [0.2, 0.25) is 0 Å². The number of hydrogen-bond acceptors (Lipinski definition) is 3. The zero-order chi connectivity index (χ0) is 17.9. The molecule has 0 radical (unpaired) electrons. The quantitative estimate of drug-likeness (QED) is 0.462. The van der Waals surface area contributed by atoms with Gasteiger partial charge in [0.25, 0.3) is 0 Å². The van der Waals surface area contributed by atoms with Crippen LogP contribution in [0.25, 0.3) is 32.7 Å². The second kappa shape index (κ2) is 7.06. The molecule has 1 aromatic heterocycles. The number of thiophene rings is 1. The molecule has 0 saturated carbocycles. The van der Waals surface area contributed by atoms with Gasteiger partial charge in [0, 0.05) is 16.0 Å². The van der Waals surface area contributed by atoms with Crippen LogP contribution in [0.15, 0.2) is 84.9 Å². The second-order valence-corrected chi connectivity index (χ2v) is 7.06. The van der Waals surface area contributed by atoms with Crippen molar-refractivity contribution in [2.75, 3.05) is 12.8 Å². The fraction of sp³-hybridized carbons (Fsp3) is 0.0435.